The minimum absolute atomic E-state index is 0.332. The molecule has 0 unspecified atom stereocenters. The third-order valence-corrected chi connectivity index (χ3v) is 3.80. The van der Waals surface area contributed by atoms with E-state index in [0.29, 0.717) is 23.5 Å². The summed E-state index contributed by atoms with van der Waals surface area (Å²) in [4.78, 5) is 11.5. The van der Waals surface area contributed by atoms with Gasteiger partial charge in [0.2, 0.25) is 0 Å². The number of rotatable bonds is 5. The summed E-state index contributed by atoms with van der Waals surface area (Å²) in [6.45, 7) is 12.8. The van der Waals surface area contributed by atoms with Crippen LogP contribution in [-0.4, -0.2) is 12.7 Å². The van der Waals surface area contributed by atoms with Gasteiger partial charge in [0.15, 0.2) is 0 Å². The quantitative estimate of drug-likeness (QED) is 0.747. The first-order chi connectivity index (χ1) is 11.3. The summed E-state index contributed by atoms with van der Waals surface area (Å²) >= 11 is 0. The van der Waals surface area contributed by atoms with Crippen LogP contribution in [0.1, 0.15) is 52.5 Å². The van der Waals surface area contributed by atoms with Crippen molar-refractivity contribution in [3.63, 3.8) is 0 Å². The summed E-state index contributed by atoms with van der Waals surface area (Å²) < 4.78 is 10.6. The number of hydrogen-bond acceptors (Lipinski definition) is 3. The first kappa shape index (κ1) is 18.1. The standard InChI is InChI=1S/C20H27NO3/c1-6-23-19(22)21-16-9-10-17-15(8-7-11-20(3,4)5)12-14(2)24-18(17)13-16/h9-10,12-13H,2,6-8,11H2,1,3-5H3,(H,21,22). The van der Waals surface area contributed by atoms with E-state index >= 15 is 0 Å². The largest absolute Gasteiger partial charge is 0.457 e. The molecule has 0 atom stereocenters. The van der Waals surface area contributed by atoms with E-state index < -0.39 is 6.09 Å². The van der Waals surface area contributed by atoms with Crippen molar-refractivity contribution in [1.82, 2.24) is 0 Å². The van der Waals surface area contributed by atoms with Crippen LogP contribution in [0.2, 0.25) is 0 Å². The molecule has 0 saturated carbocycles. The van der Waals surface area contributed by atoms with Crippen molar-refractivity contribution in [2.24, 2.45) is 5.41 Å². The highest BCUT2D eigenvalue weighted by molar-refractivity contribution is 5.86. The van der Waals surface area contributed by atoms with E-state index in [1.807, 2.05) is 24.3 Å². The van der Waals surface area contributed by atoms with Gasteiger partial charge < -0.3 is 9.47 Å². The summed E-state index contributed by atoms with van der Waals surface area (Å²) in [6.07, 6.45) is 4.80. The summed E-state index contributed by atoms with van der Waals surface area (Å²) in [7, 11) is 0. The number of nitrogens with one attached hydrogen (secondary N) is 1. The molecule has 1 aliphatic heterocycles. The number of benzene rings is 1. The molecule has 0 radical (unpaired) electrons. The molecule has 24 heavy (non-hydrogen) atoms. The van der Waals surface area contributed by atoms with Gasteiger partial charge in [-0.1, -0.05) is 27.4 Å². The normalized spacial score (nSPS) is 13.7. The summed E-state index contributed by atoms with van der Waals surface area (Å²) in [5.74, 6) is 1.35. The van der Waals surface area contributed by atoms with Crippen molar-refractivity contribution < 1.29 is 14.3 Å². The van der Waals surface area contributed by atoms with Crippen molar-refractivity contribution in [1.29, 1.82) is 0 Å². The fourth-order valence-electron chi connectivity index (χ4n) is 2.69. The maximum atomic E-state index is 11.5. The Morgan fingerprint density at radius 1 is 1.33 bits per heavy atom. The average molecular weight is 329 g/mol. The number of ether oxygens (including phenoxy) is 2. The monoisotopic (exact) mass is 329 g/mol. The van der Waals surface area contributed by atoms with E-state index in [0.717, 1.165) is 30.6 Å². The highest BCUT2D eigenvalue weighted by Gasteiger charge is 2.18. The third kappa shape index (κ3) is 5.15. The van der Waals surface area contributed by atoms with Crippen LogP contribution in [0, 0.1) is 5.41 Å². The number of fused-ring (bicyclic) bond motifs is 1. The van der Waals surface area contributed by atoms with Gasteiger partial charge in [-0.2, -0.15) is 0 Å². The molecule has 1 aromatic rings. The van der Waals surface area contributed by atoms with Gasteiger partial charge in [-0.05, 0) is 55.4 Å². The molecule has 1 heterocycles. The number of amides is 1. The van der Waals surface area contributed by atoms with Crippen LogP contribution in [0.3, 0.4) is 0 Å². The van der Waals surface area contributed by atoms with Gasteiger partial charge in [-0.15, -0.1) is 0 Å². The maximum Gasteiger partial charge on any atom is 0.411 e. The molecular formula is C20H27NO3. The summed E-state index contributed by atoms with van der Waals surface area (Å²) in [5, 5.41) is 2.70. The smallest absolute Gasteiger partial charge is 0.411 e. The van der Waals surface area contributed by atoms with Crippen LogP contribution >= 0.6 is 0 Å². The van der Waals surface area contributed by atoms with Crippen molar-refractivity contribution in [3.05, 3.63) is 42.2 Å². The molecular weight excluding hydrogens is 302 g/mol. The van der Waals surface area contributed by atoms with Crippen LogP contribution < -0.4 is 10.1 Å². The average Bonchev–Trinajstić information content (AvgIpc) is 2.45. The van der Waals surface area contributed by atoms with E-state index in [1.54, 1.807) is 6.92 Å². The van der Waals surface area contributed by atoms with Crippen molar-refractivity contribution in [2.45, 2.75) is 47.0 Å². The van der Waals surface area contributed by atoms with Gasteiger partial charge in [0.1, 0.15) is 11.5 Å². The Morgan fingerprint density at radius 2 is 2.08 bits per heavy atom. The Balaban J connectivity index is 2.12. The Morgan fingerprint density at radius 3 is 2.75 bits per heavy atom. The van der Waals surface area contributed by atoms with E-state index in [-0.39, 0.29) is 0 Å². The minimum atomic E-state index is -0.465. The number of anilines is 1. The lowest BCUT2D eigenvalue weighted by atomic mass is 9.87. The van der Waals surface area contributed by atoms with Gasteiger partial charge in [-0.3, -0.25) is 5.32 Å². The zero-order valence-corrected chi connectivity index (χ0v) is 15.1. The van der Waals surface area contributed by atoms with Gasteiger partial charge in [0.25, 0.3) is 0 Å². The molecule has 1 N–H and O–H groups in total. The molecule has 1 aromatic carbocycles. The van der Waals surface area contributed by atoms with Crippen molar-refractivity contribution in [3.8, 4) is 5.75 Å². The van der Waals surface area contributed by atoms with Crippen LogP contribution in [0.25, 0.3) is 5.57 Å². The minimum Gasteiger partial charge on any atom is -0.457 e. The van der Waals surface area contributed by atoms with Crippen LogP contribution in [0.15, 0.2) is 36.6 Å². The Bertz CT molecular complexity index is 653. The molecule has 0 bridgehead atoms. The second-order valence-corrected chi connectivity index (χ2v) is 7.21. The van der Waals surface area contributed by atoms with E-state index in [1.165, 1.54) is 5.57 Å². The van der Waals surface area contributed by atoms with Crippen LogP contribution in [0.4, 0.5) is 10.5 Å². The van der Waals surface area contributed by atoms with Crippen molar-refractivity contribution in [2.75, 3.05) is 11.9 Å². The molecule has 1 aliphatic rings. The predicted octanol–water partition coefficient (Wildman–Crippen LogP) is 5.76. The van der Waals surface area contributed by atoms with Crippen molar-refractivity contribution >= 4 is 17.4 Å². The first-order valence-electron chi connectivity index (χ1n) is 8.44. The van der Waals surface area contributed by atoms with E-state index in [4.69, 9.17) is 9.47 Å². The van der Waals surface area contributed by atoms with Gasteiger partial charge in [-0.25, -0.2) is 4.79 Å². The maximum absolute atomic E-state index is 11.5. The van der Waals surface area contributed by atoms with Gasteiger partial charge in [0.05, 0.1) is 6.61 Å². The highest BCUT2D eigenvalue weighted by atomic mass is 16.5. The Kier molecular flexibility index (Phi) is 5.71. The lowest BCUT2D eigenvalue weighted by Crippen LogP contribution is -2.13. The fraction of sp³-hybridized carbons (Fsp3) is 0.450. The zero-order chi connectivity index (χ0) is 17.7. The molecule has 0 spiro atoms. The third-order valence-electron chi connectivity index (χ3n) is 3.80. The molecule has 1 amide bonds. The summed E-state index contributed by atoms with van der Waals surface area (Å²) in [6, 6.07) is 5.66. The zero-order valence-electron chi connectivity index (χ0n) is 15.1. The lowest BCUT2D eigenvalue weighted by Gasteiger charge is -2.22. The SMILES string of the molecule is C=C1C=C(CCCC(C)(C)C)c2ccc(NC(=O)OCC)cc2O1. The predicted molar refractivity (Wildman–Crippen MR) is 98.1 cm³/mol. The molecule has 4 nitrogen and oxygen atoms in total. The highest BCUT2D eigenvalue weighted by Crippen LogP contribution is 2.38. The molecule has 0 aliphatic carbocycles. The molecule has 0 fully saturated rings. The summed E-state index contributed by atoms with van der Waals surface area (Å²) in [5.41, 5.74) is 3.27. The van der Waals surface area contributed by atoms with Crippen LogP contribution in [-0.2, 0) is 4.74 Å². The number of hydrogen-bond donors (Lipinski definition) is 1. The van der Waals surface area contributed by atoms with Crippen LogP contribution in [0.5, 0.6) is 5.75 Å². The first-order valence-corrected chi connectivity index (χ1v) is 8.44. The molecule has 0 aromatic heterocycles. The molecule has 2 rings (SSSR count). The second-order valence-electron chi connectivity index (χ2n) is 7.21. The Labute approximate surface area is 144 Å². The molecule has 130 valence electrons. The molecule has 4 heteroatoms. The van der Waals surface area contributed by atoms with Gasteiger partial charge in [0, 0.05) is 17.3 Å². The number of carbonyl (C=O) groups is 1. The van der Waals surface area contributed by atoms with E-state index in [2.05, 4.69) is 32.7 Å². The number of carbonyl (C=O) groups excluding carboxylic acids is 1. The Hall–Kier alpha value is -2.23. The molecule has 0 saturated heterocycles. The van der Waals surface area contributed by atoms with E-state index in [9.17, 15) is 4.79 Å². The second kappa shape index (κ2) is 7.56. The topological polar surface area (TPSA) is 47.6 Å². The fourth-order valence-corrected chi connectivity index (χ4v) is 2.69. The number of allylic oxidation sites excluding steroid dienone is 2. The van der Waals surface area contributed by atoms with Gasteiger partial charge >= 0.3 is 6.09 Å². The lowest BCUT2D eigenvalue weighted by molar-refractivity contribution is 0.168.